The van der Waals surface area contributed by atoms with Gasteiger partial charge in [0.15, 0.2) is 0 Å². The maximum atomic E-state index is 12.6. The monoisotopic (exact) mass is 307 g/mol. The highest BCUT2D eigenvalue weighted by Gasteiger charge is 2.40. The van der Waals surface area contributed by atoms with E-state index in [1.54, 1.807) is 0 Å². The number of imidazole rings is 1. The van der Waals surface area contributed by atoms with Crippen molar-refractivity contribution in [2.24, 2.45) is 0 Å². The normalized spacial score (nSPS) is 12.4. The van der Waals surface area contributed by atoms with Crippen LogP contribution in [0.1, 0.15) is 27.4 Å². The molecule has 0 bridgehead atoms. The SMILES string of the molecule is Cc1n2c(c(S)[n+]1Cc1ccccc1)C(=O)c1ccccc1-2. The minimum absolute atomic E-state index is 0.0514. The third kappa shape index (κ3) is 1.77. The molecule has 22 heavy (non-hydrogen) atoms. The summed E-state index contributed by atoms with van der Waals surface area (Å²) in [6.45, 7) is 2.74. The first-order valence-electron chi connectivity index (χ1n) is 7.20. The number of hydrogen-bond acceptors (Lipinski definition) is 2. The molecule has 0 spiro atoms. The lowest BCUT2D eigenvalue weighted by Gasteiger charge is -2.03. The first kappa shape index (κ1) is 13.3. The topological polar surface area (TPSA) is 25.9 Å². The molecule has 0 saturated heterocycles. The van der Waals surface area contributed by atoms with Crippen LogP contribution in [0.4, 0.5) is 0 Å². The maximum Gasteiger partial charge on any atom is 0.260 e. The van der Waals surface area contributed by atoms with Crippen molar-refractivity contribution < 1.29 is 9.36 Å². The molecule has 108 valence electrons. The third-order valence-electron chi connectivity index (χ3n) is 4.19. The molecule has 2 heterocycles. The number of hydrogen-bond donors (Lipinski definition) is 1. The van der Waals surface area contributed by atoms with Crippen molar-refractivity contribution in [2.75, 3.05) is 0 Å². The minimum Gasteiger partial charge on any atom is -0.284 e. The number of para-hydroxylation sites is 1. The van der Waals surface area contributed by atoms with Gasteiger partial charge in [-0.3, -0.25) is 4.79 Å². The van der Waals surface area contributed by atoms with Crippen molar-refractivity contribution in [1.29, 1.82) is 0 Å². The molecule has 2 aromatic carbocycles. The molecule has 4 rings (SSSR count). The molecular weight excluding hydrogens is 292 g/mol. The largest absolute Gasteiger partial charge is 0.284 e. The molecule has 0 N–H and O–H groups in total. The van der Waals surface area contributed by atoms with Gasteiger partial charge in [-0.25, -0.2) is 4.57 Å². The minimum atomic E-state index is 0.0514. The fourth-order valence-electron chi connectivity index (χ4n) is 3.10. The number of ketones is 1. The molecular formula is C18H15N2OS+. The van der Waals surface area contributed by atoms with Crippen LogP contribution in [0.15, 0.2) is 59.6 Å². The van der Waals surface area contributed by atoms with Gasteiger partial charge in [0.25, 0.3) is 5.82 Å². The van der Waals surface area contributed by atoms with Gasteiger partial charge in [-0.05, 0) is 17.7 Å². The highest BCUT2D eigenvalue weighted by molar-refractivity contribution is 7.80. The number of aromatic nitrogens is 2. The Morgan fingerprint density at radius 3 is 2.50 bits per heavy atom. The van der Waals surface area contributed by atoms with Crippen molar-refractivity contribution in [3.8, 4) is 5.69 Å². The van der Waals surface area contributed by atoms with Crippen LogP contribution in [0.2, 0.25) is 0 Å². The van der Waals surface area contributed by atoms with Crippen LogP contribution < -0.4 is 4.57 Å². The molecule has 0 saturated carbocycles. The molecule has 0 unspecified atom stereocenters. The Bertz CT molecular complexity index is 897. The molecule has 0 atom stereocenters. The molecule has 1 aromatic heterocycles. The lowest BCUT2D eigenvalue weighted by Crippen LogP contribution is -2.38. The summed E-state index contributed by atoms with van der Waals surface area (Å²) in [7, 11) is 0. The first-order valence-corrected chi connectivity index (χ1v) is 7.65. The van der Waals surface area contributed by atoms with E-state index in [2.05, 4.69) is 29.3 Å². The van der Waals surface area contributed by atoms with E-state index < -0.39 is 0 Å². The van der Waals surface area contributed by atoms with E-state index in [0.29, 0.717) is 12.2 Å². The van der Waals surface area contributed by atoms with Gasteiger partial charge in [0.1, 0.15) is 12.2 Å². The average Bonchev–Trinajstić information content (AvgIpc) is 2.98. The Kier molecular flexibility index (Phi) is 2.94. The Morgan fingerprint density at radius 2 is 1.73 bits per heavy atom. The number of carbonyl (C=O) groups excluding carboxylic acids is 1. The summed E-state index contributed by atoms with van der Waals surface area (Å²) >= 11 is 4.64. The summed E-state index contributed by atoms with van der Waals surface area (Å²) in [4.78, 5) is 12.6. The van der Waals surface area contributed by atoms with Gasteiger partial charge < -0.3 is 0 Å². The van der Waals surface area contributed by atoms with Crippen molar-refractivity contribution in [3.05, 3.63) is 77.2 Å². The lowest BCUT2D eigenvalue weighted by atomic mass is 10.1. The van der Waals surface area contributed by atoms with Crippen molar-refractivity contribution >= 4 is 18.4 Å². The van der Waals surface area contributed by atoms with Crippen LogP contribution in [0, 0.1) is 6.92 Å². The highest BCUT2D eigenvalue weighted by atomic mass is 32.1. The van der Waals surface area contributed by atoms with E-state index in [-0.39, 0.29) is 5.78 Å². The van der Waals surface area contributed by atoms with Crippen LogP contribution in [0.5, 0.6) is 0 Å². The second kappa shape index (κ2) is 4.85. The quantitative estimate of drug-likeness (QED) is 0.447. The van der Waals surface area contributed by atoms with E-state index >= 15 is 0 Å². The zero-order valence-electron chi connectivity index (χ0n) is 12.2. The van der Waals surface area contributed by atoms with E-state index in [0.717, 1.165) is 22.1 Å². The predicted octanol–water partition coefficient (Wildman–Crippen LogP) is 2.95. The zero-order chi connectivity index (χ0) is 15.3. The van der Waals surface area contributed by atoms with Crippen LogP contribution in [-0.4, -0.2) is 10.4 Å². The molecule has 0 amide bonds. The van der Waals surface area contributed by atoms with Gasteiger partial charge in [0.2, 0.25) is 16.5 Å². The van der Waals surface area contributed by atoms with E-state index in [1.807, 2.05) is 54.0 Å². The molecule has 0 fully saturated rings. The maximum absolute atomic E-state index is 12.6. The summed E-state index contributed by atoms with van der Waals surface area (Å²) in [5, 5.41) is 0.725. The summed E-state index contributed by atoms with van der Waals surface area (Å²) in [5.74, 6) is 1.07. The predicted molar refractivity (Wildman–Crippen MR) is 86.9 cm³/mol. The van der Waals surface area contributed by atoms with Crippen LogP contribution >= 0.6 is 12.6 Å². The summed E-state index contributed by atoms with van der Waals surface area (Å²) in [5.41, 5.74) is 3.55. The van der Waals surface area contributed by atoms with E-state index in [4.69, 9.17) is 0 Å². The van der Waals surface area contributed by atoms with E-state index in [1.165, 1.54) is 5.56 Å². The molecule has 1 aliphatic rings. The smallest absolute Gasteiger partial charge is 0.260 e. The Labute approximate surface area is 134 Å². The Hall–Kier alpha value is -2.33. The van der Waals surface area contributed by atoms with Gasteiger partial charge >= 0.3 is 0 Å². The average molecular weight is 307 g/mol. The number of rotatable bonds is 2. The second-order valence-electron chi connectivity index (χ2n) is 5.47. The van der Waals surface area contributed by atoms with Gasteiger partial charge in [0, 0.05) is 6.92 Å². The fourth-order valence-corrected chi connectivity index (χ4v) is 3.52. The summed E-state index contributed by atoms with van der Waals surface area (Å²) in [6, 6.07) is 17.9. The molecule has 3 nitrogen and oxygen atoms in total. The van der Waals surface area contributed by atoms with Gasteiger partial charge in [-0.1, -0.05) is 55.1 Å². The third-order valence-corrected chi connectivity index (χ3v) is 4.65. The zero-order valence-corrected chi connectivity index (χ0v) is 13.0. The molecule has 1 aliphatic heterocycles. The number of carbonyl (C=O) groups is 1. The lowest BCUT2D eigenvalue weighted by molar-refractivity contribution is -0.728. The van der Waals surface area contributed by atoms with Crippen molar-refractivity contribution in [2.45, 2.75) is 18.5 Å². The first-order chi connectivity index (χ1) is 10.7. The standard InChI is InChI=1S/C18H14N2OS/c1-12-19(11-13-7-3-2-4-8-13)18(22)16-17(21)14-9-5-6-10-15(14)20(12)16/h2-10H,11H2,1H3/p+1. The number of nitrogens with zero attached hydrogens (tertiary/aromatic N) is 2. The molecule has 0 radical (unpaired) electrons. The molecule has 3 aromatic rings. The summed E-state index contributed by atoms with van der Waals surface area (Å²) < 4.78 is 4.10. The van der Waals surface area contributed by atoms with Crippen molar-refractivity contribution in [3.63, 3.8) is 0 Å². The number of fused-ring (bicyclic) bond motifs is 3. The van der Waals surface area contributed by atoms with Gasteiger partial charge in [-0.15, -0.1) is 0 Å². The van der Waals surface area contributed by atoms with Crippen LogP contribution in [0.3, 0.4) is 0 Å². The van der Waals surface area contributed by atoms with Gasteiger partial charge in [0.05, 0.1) is 5.56 Å². The Balaban J connectivity index is 1.89. The fraction of sp³-hybridized carbons (Fsp3) is 0.111. The number of benzene rings is 2. The number of thiol groups is 1. The van der Waals surface area contributed by atoms with Crippen LogP contribution in [0.25, 0.3) is 5.69 Å². The van der Waals surface area contributed by atoms with E-state index in [9.17, 15) is 4.79 Å². The highest BCUT2D eigenvalue weighted by Crippen LogP contribution is 2.31. The Morgan fingerprint density at radius 1 is 1.05 bits per heavy atom. The van der Waals surface area contributed by atoms with Crippen LogP contribution in [-0.2, 0) is 6.54 Å². The van der Waals surface area contributed by atoms with Gasteiger partial charge in [-0.2, -0.15) is 4.57 Å². The summed E-state index contributed by atoms with van der Waals surface area (Å²) in [6.07, 6.45) is 0. The molecule has 4 heteroatoms. The van der Waals surface area contributed by atoms with Crippen molar-refractivity contribution in [1.82, 2.24) is 4.57 Å². The second-order valence-corrected chi connectivity index (χ2v) is 5.90. The molecule has 0 aliphatic carbocycles.